The number of aromatic nitrogens is 3. The van der Waals surface area contributed by atoms with E-state index < -0.39 is 8.07 Å². The molecule has 0 atom stereocenters. The van der Waals surface area contributed by atoms with Crippen LogP contribution in [0.1, 0.15) is 11.1 Å². The highest BCUT2D eigenvalue weighted by atomic mass is 28.3. The van der Waals surface area contributed by atoms with E-state index in [1.54, 1.807) is 12.7 Å². The molecule has 1 heterocycles. The largest absolute Gasteiger partial charge is 0.223 e. The second-order valence-corrected chi connectivity index (χ2v) is 12.2. The molecule has 3 nitrogen and oxygen atoms in total. The molecule has 4 heteroatoms. The van der Waals surface area contributed by atoms with Crippen molar-refractivity contribution in [2.45, 2.75) is 33.5 Å². The summed E-state index contributed by atoms with van der Waals surface area (Å²) in [6, 6.07) is 13.3. The first kappa shape index (κ1) is 15.7. The Balaban J connectivity index is 2.32. The van der Waals surface area contributed by atoms with Crippen LogP contribution in [0.5, 0.6) is 0 Å². The summed E-state index contributed by atoms with van der Waals surface area (Å²) in [7, 11) is -1.39. The quantitative estimate of drug-likeness (QED) is 0.680. The minimum absolute atomic E-state index is 1.09. The van der Waals surface area contributed by atoms with Crippen molar-refractivity contribution in [1.29, 1.82) is 0 Å². The van der Waals surface area contributed by atoms with Crippen LogP contribution in [0, 0.1) is 13.8 Å². The van der Waals surface area contributed by atoms with Crippen LogP contribution in [0.3, 0.4) is 0 Å². The maximum Gasteiger partial charge on any atom is 0.138 e. The third-order valence-corrected chi connectivity index (χ3v) is 6.32. The predicted octanol–water partition coefficient (Wildman–Crippen LogP) is 4.10. The Morgan fingerprint density at radius 2 is 1.65 bits per heavy atom. The summed E-state index contributed by atoms with van der Waals surface area (Å²) in [5.41, 5.74) is 6.21. The molecule has 3 rings (SSSR count). The van der Waals surface area contributed by atoms with E-state index in [0.29, 0.717) is 0 Å². The predicted molar refractivity (Wildman–Crippen MR) is 99.2 cm³/mol. The van der Waals surface area contributed by atoms with E-state index in [1.807, 2.05) is 4.68 Å². The fourth-order valence-electron chi connectivity index (χ4n) is 2.97. The summed E-state index contributed by atoms with van der Waals surface area (Å²) in [6.07, 6.45) is 3.35. The van der Waals surface area contributed by atoms with Crippen molar-refractivity contribution in [3.05, 3.63) is 60.2 Å². The second-order valence-electron chi connectivity index (χ2n) is 7.09. The van der Waals surface area contributed by atoms with E-state index in [0.717, 1.165) is 5.69 Å². The number of benzene rings is 2. The van der Waals surface area contributed by atoms with Crippen molar-refractivity contribution in [3.63, 3.8) is 0 Å². The Bertz CT molecular complexity index is 810. The first-order valence-corrected chi connectivity index (χ1v) is 11.4. The van der Waals surface area contributed by atoms with Gasteiger partial charge in [0.15, 0.2) is 0 Å². The van der Waals surface area contributed by atoms with E-state index >= 15 is 0 Å². The van der Waals surface area contributed by atoms with Gasteiger partial charge in [0.05, 0.1) is 13.8 Å². The lowest BCUT2D eigenvalue weighted by Crippen LogP contribution is -2.37. The van der Waals surface area contributed by atoms with Crippen molar-refractivity contribution in [2.24, 2.45) is 0 Å². The van der Waals surface area contributed by atoms with Crippen molar-refractivity contribution in [2.75, 3.05) is 0 Å². The highest BCUT2D eigenvalue weighted by Crippen LogP contribution is 2.31. The zero-order chi connectivity index (χ0) is 16.6. The first-order chi connectivity index (χ1) is 10.9. The molecular weight excluding hydrogens is 298 g/mol. The van der Waals surface area contributed by atoms with E-state index in [2.05, 4.69) is 80.0 Å². The maximum atomic E-state index is 4.34. The first-order valence-electron chi connectivity index (χ1n) is 7.94. The average molecular weight is 322 g/mol. The standard InChI is InChI=1S/C19H23N3Si/c1-14-7-6-8-15(2)19(14)17-11-16(23(3,4)5)9-10-18(17)22-13-20-12-21-22/h6-13H,1-5H3. The van der Waals surface area contributed by atoms with Crippen LogP contribution >= 0.6 is 0 Å². The molecule has 118 valence electrons. The Morgan fingerprint density at radius 1 is 0.957 bits per heavy atom. The maximum absolute atomic E-state index is 4.34. The zero-order valence-corrected chi connectivity index (χ0v) is 15.5. The van der Waals surface area contributed by atoms with Gasteiger partial charge in [-0.15, -0.1) is 0 Å². The second kappa shape index (κ2) is 5.78. The van der Waals surface area contributed by atoms with Gasteiger partial charge in [-0.05, 0) is 36.6 Å². The number of rotatable bonds is 3. The summed E-state index contributed by atoms with van der Waals surface area (Å²) in [5.74, 6) is 0. The molecule has 2 aromatic carbocycles. The fraction of sp³-hybridized carbons (Fsp3) is 0.263. The van der Waals surface area contributed by atoms with Crippen molar-refractivity contribution < 1.29 is 0 Å². The Labute approximate surface area is 139 Å². The molecule has 0 aliphatic rings. The third-order valence-electron chi connectivity index (χ3n) is 4.28. The third kappa shape index (κ3) is 2.99. The summed E-state index contributed by atoms with van der Waals surface area (Å²) < 4.78 is 1.86. The molecule has 3 aromatic rings. The van der Waals surface area contributed by atoms with Crippen LogP contribution in [-0.4, -0.2) is 22.8 Å². The molecule has 0 unspecified atom stereocenters. The fourth-order valence-corrected chi connectivity index (χ4v) is 4.14. The van der Waals surface area contributed by atoms with Crippen LogP contribution in [0.25, 0.3) is 16.8 Å². The molecule has 0 N–H and O–H groups in total. The topological polar surface area (TPSA) is 30.7 Å². The van der Waals surface area contributed by atoms with Crippen LogP contribution in [0.15, 0.2) is 49.1 Å². The van der Waals surface area contributed by atoms with Crippen molar-refractivity contribution in [1.82, 2.24) is 14.8 Å². The van der Waals surface area contributed by atoms with Gasteiger partial charge in [-0.3, -0.25) is 0 Å². The lowest BCUT2D eigenvalue weighted by atomic mass is 9.94. The summed E-state index contributed by atoms with van der Waals surface area (Å²) in [6.45, 7) is 11.5. The molecule has 0 fully saturated rings. The van der Waals surface area contributed by atoms with Gasteiger partial charge in [0.25, 0.3) is 0 Å². The molecule has 0 aliphatic heterocycles. The molecule has 0 bridgehead atoms. The highest BCUT2D eigenvalue weighted by Gasteiger charge is 2.20. The summed E-state index contributed by atoms with van der Waals surface area (Å²) in [5, 5.41) is 5.80. The normalized spacial score (nSPS) is 11.7. The van der Waals surface area contributed by atoms with Gasteiger partial charge < -0.3 is 0 Å². The van der Waals surface area contributed by atoms with Crippen LogP contribution in [0.4, 0.5) is 0 Å². The number of hydrogen-bond acceptors (Lipinski definition) is 2. The van der Waals surface area contributed by atoms with Crippen LogP contribution in [-0.2, 0) is 0 Å². The molecular formula is C19H23N3Si. The van der Waals surface area contributed by atoms with Gasteiger partial charge >= 0.3 is 0 Å². The minimum atomic E-state index is -1.39. The SMILES string of the molecule is Cc1cccc(C)c1-c1cc([Si](C)(C)C)ccc1-n1cncn1. The van der Waals surface area contributed by atoms with Gasteiger partial charge in [-0.1, -0.05) is 55.2 Å². The lowest BCUT2D eigenvalue weighted by molar-refractivity contribution is 0.880. The van der Waals surface area contributed by atoms with E-state index in [1.165, 1.54) is 27.4 Å². The monoisotopic (exact) mass is 321 g/mol. The molecule has 1 aromatic heterocycles. The van der Waals surface area contributed by atoms with Gasteiger partial charge in [-0.25, -0.2) is 9.67 Å². The van der Waals surface area contributed by atoms with Crippen molar-refractivity contribution in [3.8, 4) is 16.8 Å². The van der Waals surface area contributed by atoms with Crippen LogP contribution < -0.4 is 5.19 Å². The van der Waals surface area contributed by atoms with Gasteiger partial charge in [0.2, 0.25) is 0 Å². The van der Waals surface area contributed by atoms with E-state index in [4.69, 9.17) is 0 Å². The molecule has 0 spiro atoms. The molecule has 0 aliphatic carbocycles. The molecule has 0 saturated heterocycles. The van der Waals surface area contributed by atoms with Crippen molar-refractivity contribution >= 4 is 13.3 Å². The molecule has 23 heavy (non-hydrogen) atoms. The van der Waals surface area contributed by atoms with E-state index in [9.17, 15) is 0 Å². The number of aryl methyl sites for hydroxylation is 2. The molecule has 0 amide bonds. The van der Waals surface area contributed by atoms with Crippen LogP contribution in [0.2, 0.25) is 19.6 Å². The zero-order valence-electron chi connectivity index (χ0n) is 14.5. The lowest BCUT2D eigenvalue weighted by Gasteiger charge is -2.21. The average Bonchev–Trinajstić information content (AvgIpc) is 3.00. The smallest absolute Gasteiger partial charge is 0.138 e. The number of nitrogens with zero attached hydrogens (tertiary/aromatic N) is 3. The highest BCUT2D eigenvalue weighted by molar-refractivity contribution is 6.88. The summed E-state index contributed by atoms with van der Waals surface area (Å²) in [4.78, 5) is 4.11. The van der Waals surface area contributed by atoms with E-state index in [-0.39, 0.29) is 0 Å². The number of hydrogen-bond donors (Lipinski definition) is 0. The molecule has 0 saturated carbocycles. The minimum Gasteiger partial charge on any atom is -0.223 e. The Kier molecular flexibility index (Phi) is 3.94. The Hall–Kier alpha value is -2.20. The molecule has 0 radical (unpaired) electrons. The summed E-state index contributed by atoms with van der Waals surface area (Å²) >= 11 is 0. The van der Waals surface area contributed by atoms with Gasteiger partial charge in [0, 0.05) is 5.56 Å². The van der Waals surface area contributed by atoms with Gasteiger partial charge in [0.1, 0.15) is 12.7 Å². The van der Waals surface area contributed by atoms with Gasteiger partial charge in [-0.2, -0.15) is 5.10 Å². The Morgan fingerprint density at radius 3 is 2.22 bits per heavy atom.